The van der Waals surface area contributed by atoms with Gasteiger partial charge in [-0.1, -0.05) is 27.2 Å². The van der Waals surface area contributed by atoms with Crippen molar-refractivity contribution >= 4 is 11.6 Å². The molecule has 0 aromatic heterocycles. The highest BCUT2D eigenvalue weighted by molar-refractivity contribution is 5.95. The van der Waals surface area contributed by atoms with Crippen LogP contribution in [0.2, 0.25) is 0 Å². The molecule has 0 spiro atoms. The van der Waals surface area contributed by atoms with Gasteiger partial charge in [-0.2, -0.15) is 23.3 Å². The minimum atomic E-state index is -4.93. The van der Waals surface area contributed by atoms with E-state index in [1.807, 2.05) is 0 Å². The quantitative estimate of drug-likeness (QED) is 0.807. The van der Waals surface area contributed by atoms with Crippen molar-refractivity contribution in [1.82, 2.24) is 5.01 Å². The second-order valence-electron chi connectivity index (χ2n) is 5.94. The zero-order chi connectivity index (χ0) is 15.3. The molecule has 2 aliphatic rings. The summed E-state index contributed by atoms with van der Waals surface area (Å²) in [4.78, 5) is 12.0. The molecule has 0 aromatic carbocycles. The third-order valence-electron chi connectivity index (χ3n) is 4.14. The zero-order valence-electron chi connectivity index (χ0n) is 11.7. The molecule has 1 aliphatic carbocycles. The van der Waals surface area contributed by atoms with Gasteiger partial charge in [-0.25, -0.2) is 0 Å². The summed E-state index contributed by atoms with van der Waals surface area (Å²) in [6.07, 6.45) is -3.41. The van der Waals surface area contributed by atoms with Crippen molar-refractivity contribution < 1.29 is 23.1 Å². The fraction of sp³-hybridized carbons (Fsp3) is 0.846. The number of aliphatic hydroxyl groups is 1. The number of nitrogens with zero attached hydrogens (tertiary/aromatic N) is 2. The predicted molar refractivity (Wildman–Crippen MR) is 66.6 cm³/mol. The Morgan fingerprint density at radius 2 is 2.05 bits per heavy atom. The highest BCUT2D eigenvalue weighted by Crippen LogP contribution is 2.49. The molecule has 0 saturated heterocycles. The molecule has 1 heterocycles. The molecule has 0 radical (unpaired) electrons. The van der Waals surface area contributed by atoms with Crippen molar-refractivity contribution in [2.24, 2.45) is 22.9 Å². The largest absolute Gasteiger partial charge is 0.439 e. The van der Waals surface area contributed by atoms with Gasteiger partial charge in [-0.05, 0) is 18.8 Å². The smallest absolute Gasteiger partial charge is 0.362 e. The van der Waals surface area contributed by atoms with Crippen LogP contribution < -0.4 is 0 Å². The molecule has 20 heavy (non-hydrogen) atoms. The van der Waals surface area contributed by atoms with E-state index < -0.39 is 29.6 Å². The average Bonchev–Trinajstić information content (AvgIpc) is 2.64. The second-order valence-corrected chi connectivity index (χ2v) is 5.94. The zero-order valence-corrected chi connectivity index (χ0v) is 11.7. The summed E-state index contributed by atoms with van der Waals surface area (Å²) in [5.74, 6) is -2.76. The lowest BCUT2D eigenvalue weighted by molar-refractivity contribution is -0.317. The third kappa shape index (κ3) is 2.03. The van der Waals surface area contributed by atoms with Crippen LogP contribution in [0.3, 0.4) is 0 Å². The van der Waals surface area contributed by atoms with Gasteiger partial charge in [0.1, 0.15) is 0 Å². The lowest BCUT2D eigenvalue weighted by atomic mass is 9.75. The molecular weight excluding hydrogens is 273 g/mol. The third-order valence-corrected chi connectivity index (χ3v) is 4.14. The lowest BCUT2D eigenvalue weighted by Crippen LogP contribution is -2.62. The number of rotatable bonds is 1. The Morgan fingerprint density at radius 1 is 1.45 bits per heavy atom. The molecule has 1 aliphatic heterocycles. The summed E-state index contributed by atoms with van der Waals surface area (Å²) in [6.45, 7) is 4.76. The number of fused-ring (bicyclic) bond motifs is 1. The van der Waals surface area contributed by atoms with Crippen molar-refractivity contribution in [3.8, 4) is 0 Å². The van der Waals surface area contributed by atoms with Gasteiger partial charge in [0.15, 0.2) is 0 Å². The van der Waals surface area contributed by atoms with Gasteiger partial charge in [0.2, 0.25) is 5.91 Å². The molecule has 0 aromatic rings. The van der Waals surface area contributed by atoms with Gasteiger partial charge in [0.25, 0.3) is 5.72 Å². The monoisotopic (exact) mass is 292 g/mol. The molecule has 3 unspecified atom stereocenters. The fourth-order valence-electron chi connectivity index (χ4n) is 2.96. The van der Waals surface area contributed by atoms with E-state index in [1.54, 1.807) is 6.92 Å². The maximum Gasteiger partial charge on any atom is 0.439 e. The van der Waals surface area contributed by atoms with Crippen LogP contribution in [-0.4, -0.2) is 33.6 Å². The van der Waals surface area contributed by atoms with E-state index in [0.717, 1.165) is 6.42 Å². The first kappa shape index (κ1) is 15.3. The van der Waals surface area contributed by atoms with Crippen LogP contribution in [-0.2, 0) is 4.79 Å². The van der Waals surface area contributed by atoms with Crippen molar-refractivity contribution in [1.29, 1.82) is 0 Å². The number of halogens is 3. The van der Waals surface area contributed by atoms with Crippen LogP contribution in [0.15, 0.2) is 5.10 Å². The van der Waals surface area contributed by atoms with Gasteiger partial charge >= 0.3 is 6.18 Å². The first-order valence-electron chi connectivity index (χ1n) is 6.82. The lowest BCUT2D eigenvalue weighted by Gasteiger charge is -2.39. The van der Waals surface area contributed by atoms with Crippen LogP contribution in [0, 0.1) is 17.8 Å². The van der Waals surface area contributed by atoms with E-state index in [1.165, 1.54) is 13.8 Å². The Kier molecular flexibility index (Phi) is 3.60. The summed E-state index contributed by atoms with van der Waals surface area (Å²) >= 11 is 0. The van der Waals surface area contributed by atoms with Crippen LogP contribution in [0.4, 0.5) is 13.2 Å². The van der Waals surface area contributed by atoms with Gasteiger partial charge in [-0.15, -0.1) is 0 Å². The molecule has 114 valence electrons. The highest BCUT2D eigenvalue weighted by atomic mass is 19.4. The minimum Gasteiger partial charge on any atom is -0.362 e. The summed E-state index contributed by atoms with van der Waals surface area (Å²) in [5.41, 5.74) is -2.90. The molecule has 3 atom stereocenters. The second kappa shape index (κ2) is 4.72. The predicted octanol–water partition coefficient (Wildman–Crippen LogP) is 2.53. The number of hydrogen-bond acceptors (Lipinski definition) is 3. The van der Waals surface area contributed by atoms with Gasteiger partial charge in [0.05, 0.1) is 5.92 Å². The Hall–Kier alpha value is -1.11. The van der Waals surface area contributed by atoms with E-state index in [9.17, 15) is 23.1 Å². The van der Waals surface area contributed by atoms with Crippen molar-refractivity contribution in [2.45, 2.75) is 51.9 Å². The van der Waals surface area contributed by atoms with E-state index in [-0.39, 0.29) is 17.3 Å². The van der Waals surface area contributed by atoms with Gasteiger partial charge in [0, 0.05) is 11.6 Å². The molecule has 1 saturated carbocycles. The topological polar surface area (TPSA) is 52.9 Å². The molecule has 1 amide bonds. The summed E-state index contributed by atoms with van der Waals surface area (Å²) in [7, 11) is 0. The van der Waals surface area contributed by atoms with E-state index in [0.29, 0.717) is 12.1 Å². The Labute approximate surface area is 115 Å². The van der Waals surface area contributed by atoms with Crippen molar-refractivity contribution in [3.05, 3.63) is 0 Å². The number of hydrazone groups is 1. The van der Waals surface area contributed by atoms with E-state index >= 15 is 0 Å². The maximum atomic E-state index is 13.4. The molecule has 1 N–H and O–H groups in total. The fourth-order valence-corrected chi connectivity index (χ4v) is 2.96. The molecule has 0 bridgehead atoms. The van der Waals surface area contributed by atoms with Gasteiger partial charge < -0.3 is 5.11 Å². The molecule has 2 rings (SSSR count). The van der Waals surface area contributed by atoms with Crippen LogP contribution in [0.25, 0.3) is 0 Å². The number of carbonyl (C=O) groups is 1. The van der Waals surface area contributed by atoms with E-state index in [2.05, 4.69) is 5.10 Å². The number of amides is 1. The molecular formula is C13H19F3N2O2. The van der Waals surface area contributed by atoms with Gasteiger partial charge in [-0.3, -0.25) is 4.79 Å². The Bertz CT molecular complexity index is 447. The standard InChI is InChI=1S/C13H19F3N2O2/c1-7(2)11(19)18-12(20,13(14,15)16)9-6-4-5-8(3)10(9)17-18/h7-9,20H,4-6H2,1-3H3. The van der Waals surface area contributed by atoms with Crippen LogP contribution in [0.5, 0.6) is 0 Å². The number of alkyl halides is 3. The summed E-state index contributed by atoms with van der Waals surface area (Å²) in [6, 6.07) is 0. The first-order chi connectivity index (χ1) is 9.10. The van der Waals surface area contributed by atoms with Crippen LogP contribution in [0.1, 0.15) is 40.0 Å². The molecule has 4 nitrogen and oxygen atoms in total. The van der Waals surface area contributed by atoms with Crippen molar-refractivity contribution in [2.75, 3.05) is 0 Å². The number of hydrogen-bond donors (Lipinski definition) is 1. The minimum absolute atomic E-state index is 0.146. The Morgan fingerprint density at radius 3 is 2.55 bits per heavy atom. The first-order valence-corrected chi connectivity index (χ1v) is 6.82. The van der Waals surface area contributed by atoms with Crippen molar-refractivity contribution in [3.63, 3.8) is 0 Å². The Balaban J connectivity index is 2.49. The van der Waals surface area contributed by atoms with Crippen LogP contribution >= 0.6 is 0 Å². The average molecular weight is 292 g/mol. The SMILES string of the molecule is CC(C)C(=O)N1N=C2C(C)CCCC2C1(O)C(F)(F)F. The highest BCUT2D eigenvalue weighted by Gasteiger charge is 2.69. The normalized spacial score (nSPS) is 34.2. The number of carbonyl (C=O) groups excluding carboxylic acids is 1. The molecule has 7 heteroatoms. The van der Waals surface area contributed by atoms with E-state index in [4.69, 9.17) is 0 Å². The summed E-state index contributed by atoms with van der Waals surface area (Å²) in [5, 5.41) is 14.4. The maximum absolute atomic E-state index is 13.4. The summed E-state index contributed by atoms with van der Waals surface area (Å²) < 4.78 is 40.2. The molecule has 1 fully saturated rings.